The van der Waals surface area contributed by atoms with Crippen LogP contribution in [-0.4, -0.2) is 41.2 Å². The van der Waals surface area contributed by atoms with E-state index in [1.807, 2.05) is 38.3 Å². The Hall–Kier alpha value is -2.41. The summed E-state index contributed by atoms with van der Waals surface area (Å²) >= 11 is 1.54. The van der Waals surface area contributed by atoms with Crippen LogP contribution in [0.15, 0.2) is 29.6 Å². The molecule has 0 N–H and O–H groups in total. The minimum Gasteiger partial charge on any atom is -0.465 e. The summed E-state index contributed by atoms with van der Waals surface area (Å²) in [6.45, 7) is 6.31. The van der Waals surface area contributed by atoms with E-state index < -0.39 is 5.60 Å². The number of aromatic nitrogens is 1. The zero-order chi connectivity index (χ0) is 20.3. The van der Waals surface area contributed by atoms with Crippen molar-refractivity contribution < 1.29 is 19.1 Å². The van der Waals surface area contributed by atoms with Gasteiger partial charge in [0.05, 0.1) is 24.4 Å². The van der Waals surface area contributed by atoms with Gasteiger partial charge in [0, 0.05) is 17.5 Å². The smallest absolute Gasteiger partial charge is 0.410 e. The molecule has 0 spiro atoms. The van der Waals surface area contributed by atoms with Crippen molar-refractivity contribution in [2.45, 2.75) is 51.7 Å². The van der Waals surface area contributed by atoms with Gasteiger partial charge in [-0.25, -0.2) is 14.6 Å². The number of esters is 1. The SMILES string of the molecule is COC(=O)c1ccc(-c2nc([C@H]3CCCCN3C(=O)OC(C)(C)C)cs2)cc1. The van der Waals surface area contributed by atoms with Crippen LogP contribution in [0.4, 0.5) is 4.79 Å². The normalized spacial score (nSPS) is 17.3. The summed E-state index contributed by atoms with van der Waals surface area (Å²) in [6, 6.07) is 7.12. The lowest BCUT2D eigenvalue weighted by molar-refractivity contribution is 0.00906. The van der Waals surface area contributed by atoms with Gasteiger partial charge in [0.25, 0.3) is 0 Å². The largest absolute Gasteiger partial charge is 0.465 e. The Morgan fingerprint density at radius 1 is 1.18 bits per heavy atom. The van der Waals surface area contributed by atoms with Crippen LogP contribution in [0.1, 0.15) is 62.1 Å². The Morgan fingerprint density at radius 3 is 2.54 bits per heavy atom. The molecule has 1 atom stereocenters. The molecule has 1 fully saturated rings. The van der Waals surface area contributed by atoms with Gasteiger partial charge in [0.2, 0.25) is 0 Å². The first-order valence-electron chi connectivity index (χ1n) is 9.42. The van der Waals surface area contributed by atoms with E-state index in [0.29, 0.717) is 12.1 Å². The second-order valence-electron chi connectivity index (χ2n) is 7.83. The first-order chi connectivity index (χ1) is 13.3. The molecule has 0 aliphatic carbocycles. The fraction of sp³-hybridized carbons (Fsp3) is 0.476. The summed E-state index contributed by atoms with van der Waals surface area (Å²) in [5.41, 5.74) is 1.81. The van der Waals surface area contributed by atoms with E-state index in [1.54, 1.807) is 17.0 Å². The molecular formula is C21H26N2O4S. The van der Waals surface area contributed by atoms with Crippen molar-refractivity contribution in [2.75, 3.05) is 13.7 Å². The third-order valence-electron chi connectivity index (χ3n) is 4.55. The fourth-order valence-electron chi connectivity index (χ4n) is 3.22. The highest BCUT2D eigenvalue weighted by molar-refractivity contribution is 7.13. The number of piperidine rings is 1. The van der Waals surface area contributed by atoms with E-state index in [9.17, 15) is 9.59 Å². The lowest BCUT2D eigenvalue weighted by Crippen LogP contribution is -2.42. The number of thiazole rings is 1. The molecule has 1 aliphatic heterocycles. The van der Waals surface area contributed by atoms with Crippen LogP contribution in [-0.2, 0) is 9.47 Å². The quantitative estimate of drug-likeness (QED) is 0.671. The predicted molar refractivity (Wildman–Crippen MR) is 108 cm³/mol. The number of carbonyl (C=O) groups excluding carboxylic acids is 2. The van der Waals surface area contributed by atoms with E-state index in [2.05, 4.69) is 0 Å². The van der Waals surface area contributed by atoms with E-state index in [-0.39, 0.29) is 18.1 Å². The van der Waals surface area contributed by atoms with Crippen molar-refractivity contribution in [1.29, 1.82) is 0 Å². The van der Waals surface area contributed by atoms with Crippen LogP contribution in [0, 0.1) is 0 Å². The average molecular weight is 403 g/mol. The summed E-state index contributed by atoms with van der Waals surface area (Å²) in [5.74, 6) is -0.360. The summed E-state index contributed by atoms with van der Waals surface area (Å²) < 4.78 is 10.3. The molecule has 7 heteroatoms. The van der Waals surface area contributed by atoms with Crippen molar-refractivity contribution in [3.05, 3.63) is 40.9 Å². The molecule has 6 nitrogen and oxygen atoms in total. The Balaban J connectivity index is 1.79. The van der Waals surface area contributed by atoms with Crippen LogP contribution >= 0.6 is 11.3 Å². The number of carbonyl (C=O) groups is 2. The summed E-state index contributed by atoms with van der Waals surface area (Å²) in [6.07, 6.45) is 2.63. The molecule has 1 amide bonds. The zero-order valence-electron chi connectivity index (χ0n) is 16.7. The van der Waals surface area contributed by atoms with Crippen molar-refractivity contribution >= 4 is 23.4 Å². The molecule has 0 radical (unpaired) electrons. The monoisotopic (exact) mass is 402 g/mol. The standard InChI is InChI=1S/C21H26N2O4S/c1-21(2,3)27-20(25)23-12-6-5-7-17(23)16-13-28-18(22-16)14-8-10-15(11-9-14)19(24)26-4/h8-11,13,17H,5-7,12H2,1-4H3/t17-/m1/s1. The molecule has 150 valence electrons. The number of nitrogens with zero attached hydrogens (tertiary/aromatic N) is 2. The van der Waals surface area contributed by atoms with E-state index in [4.69, 9.17) is 14.5 Å². The average Bonchev–Trinajstić information content (AvgIpc) is 3.16. The van der Waals surface area contributed by atoms with Gasteiger partial charge in [0.1, 0.15) is 10.6 Å². The summed E-state index contributed by atoms with van der Waals surface area (Å²) in [7, 11) is 1.37. The maximum Gasteiger partial charge on any atom is 0.410 e. The Bertz CT molecular complexity index is 839. The second-order valence-corrected chi connectivity index (χ2v) is 8.69. The minimum atomic E-state index is -0.520. The number of benzene rings is 1. The number of hydrogen-bond acceptors (Lipinski definition) is 6. The lowest BCUT2D eigenvalue weighted by atomic mass is 10.0. The highest BCUT2D eigenvalue weighted by Crippen LogP contribution is 2.35. The third-order valence-corrected chi connectivity index (χ3v) is 5.46. The van der Waals surface area contributed by atoms with Crippen LogP contribution in [0.3, 0.4) is 0 Å². The maximum atomic E-state index is 12.6. The number of methoxy groups -OCH3 is 1. The van der Waals surface area contributed by atoms with Crippen molar-refractivity contribution in [2.24, 2.45) is 0 Å². The van der Waals surface area contributed by atoms with E-state index in [1.165, 1.54) is 18.4 Å². The molecule has 1 aromatic carbocycles. The van der Waals surface area contributed by atoms with Gasteiger partial charge in [-0.1, -0.05) is 12.1 Å². The molecule has 3 rings (SSSR count). The molecule has 28 heavy (non-hydrogen) atoms. The van der Waals surface area contributed by atoms with Gasteiger partial charge >= 0.3 is 12.1 Å². The van der Waals surface area contributed by atoms with Crippen molar-refractivity contribution in [3.8, 4) is 10.6 Å². The van der Waals surface area contributed by atoms with Gasteiger partial charge in [0.15, 0.2) is 0 Å². The molecule has 0 unspecified atom stereocenters. The van der Waals surface area contributed by atoms with Crippen LogP contribution in [0.25, 0.3) is 10.6 Å². The van der Waals surface area contributed by atoms with Crippen LogP contribution in [0.5, 0.6) is 0 Å². The number of hydrogen-bond donors (Lipinski definition) is 0. The molecule has 0 saturated carbocycles. The minimum absolute atomic E-state index is 0.0667. The molecular weight excluding hydrogens is 376 g/mol. The van der Waals surface area contributed by atoms with Crippen LogP contribution in [0.2, 0.25) is 0 Å². The fourth-order valence-corrected chi connectivity index (χ4v) is 4.09. The predicted octanol–water partition coefficient (Wildman–Crippen LogP) is 5.06. The van der Waals surface area contributed by atoms with Gasteiger partial charge < -0.3 is 9.47 Å². The first-order valence-corrected chi connectivity index (χ1v) is 10.3. The highest BCUT2D eigenvalue weighted by Gasteiger charge is 2.32. The van der Waals surface area contributed by atoms with Crippen molar-refractivity contribution in [1.82, 2.24) is 9.88 Å². The maximum absolute atomic E-state index is 12.6. The third kappa shape index (κ3) is 4.70. The van der Waals surface area contributed by atoms with Gasteiger partial charge in [-0.15, -0.1) is 11.3 Å². The van der Waals surface area contributed by atoms with Crippen molar-refractivity contribution in [3.63, 3.8) is 0 Å². The zero-order valence-corrected chi connectivity index (χ0v) is 17.5. The molecule has 1 saturated heterocycles. The number of amides is 1. The Morgan fingerprint density at radius 2 is 1.89 bits per heavy atom. The van der Waals surface area contributed by atoms with E-state index in [0.717, 1.165) is 35.5 Å². The molecule has 2 heterocycles. The lowest BCUT2D eigenvalue weighted by Gasteiger charge is -2.36. The molecule has 0 bridgehead atoms. The second kappa shape index (κ2) is 8.31. The number of likely N-dealkylation sites (tertiary alicyclic amines) is 1. The molecule has 1 aromatic heterocycles. The Kier molecular flexibility index (Phi) is 6.03. The summed E-state index contributed by atoms with van der Waals surface area (Å²) in [5, 5.41) is 2.87. The topological polar surface area (TPSA) is 68.7 Å². The summed E-state index contributed by atoms with van der Waals surface area (Å²) in [4.78, 5) is 30.8. The Labute approximate surface area is 169 Å². The highest BCUT2D eigenvalue weighted by atomic mass is 32.1. The molecule has 1 aliphatic rings. The van der Waals surface area contributed by atoms with E-state index >= 15 is 0 Å². The van der Waals surface area contributed by atoms with Gasteiger partial charge in [-0.05, 0) is 52.2 Å². The number of rotatable bonds is 3. The van der Waals surface area contributed by atoms with Gasteiger partial charge in [-0.2, -0.15) is 0 Å². The molecule has 2 aromatic rings. The van der Waals surface area contributed by atoms with Crippen LogP contribution < -0.4 is 0 Å². The first kappa shape index (κ1) is 20.3. The number of ether oxygens (including phenoxy) is 2. The van der Waals surface area contributed by atoms with Gasteiger partial charge in [-0.3, -0.25) is 4.90 Å².